The summed E-state index contributed by atoms with van der Waals surface area (Å²) in [5.74, 6) is 1.23. The van der Waals surface area contributed by atoms with E-state index < -0.39 is 0 Å². The molecule has 0 spiro atoms. The topological polar surface area (TPSA) is 54.4 Å². The van der Waals surface area contributed by atoms with Gasteiger partial charge in [-0.1, -0.05) is 31.2 Å². The maximum Gasteiger partial charge on any atom is 0.239 e. The van der Waals surface area contributed by atoms with Gasteiger partial charge in [0.2, 0.25) is 5.91 Å². The van der Waals surface area contributed by atoms with Crippen molar-refractivity contribution in [3.8, 4) is 0 Å². The predicted molar refractivity (Wildman–Crippen MR) is 127 cm³/mol. The lowest BCUT2D eigenvalue weighted by atomic mass is 10.1. The van der Waals surface area contributed by atoms with Gasteiger partial charge in [-0.15, -0.1) is 0 Å². The Balaban J connectivity index is 1.48. The summed E-state index contributed by atoms with van der Waals surface area (Å²) in [4.78, 5) is 26.2. The number of hydrogen-bond acceptors (Lipinski definition) is 4. The van der Waals surface area contributed by atoms with Gasteiger partial charge in [-0.05, 0) is 44.5 Å². The lowest BCUT2D eigenvalue weighted by Crippen LogP contribution is -2.57. The van der Waals surface area contributed by atoms with E-state index in [-0.39, 0.29) is 6.04 Å². The first-order valence-electron chi connectivity index (χ1n) is 11.8. The molecule has 0 aromatic heterocycles. The van der Waals surface area contributed by atoms with Crippen molar-refractivity contribution in [3.63, 3.8) is 0 Å². The van der Waals surface area contributed by atoms with Gasteiger partial charge in [-0.25, -0.2) is 0 Å². The molecular formula is C24H40N6O. The van der Waals surface area contributed by atoms with Crippen LogP contribution >= 0.6 is 0 Å². The molecule has 0 bridgehead atoms. The van der Waals surface area contributed by atoms with Gasteiger partial charge in [0.25, 0.3) is 0 Å². The Morgan fingerprint density at radius 1 is 1.10 bits per heavy atom. The first-order chi connectivity index (χ1) is 15.0. The Bertz CT molecular complexity index is 737. The molecule has 2 aliphatic heterocycles. The number of hydrogen-bond donors (Lipinski definition) is 1. The van der Waals surface area contributed by atoms with Gasteiger partial charge in [-0.2, -0.15) is 0 Å². The predicted octanol–water partition coefficient (Wildman–Crippen LogP) is 1.84. The highest BCUT2D eigenvalue weighted by atomic mass is 16.2. The van der Waals surface area contributed by atoms with Crippen LogP contribution in [-0.2, 0) is 17.9 Å². The number of nitrogens with zero attached hydrogens (tertiary/aromatic N) is 5. The lowest BCUT2D eigenvalue weighted by molar-refractivity contribution is -0.135. The molecule has 2 saturated heterocycles. The number of guanidine groups is 1. The molecule has 0 radical (unpaired) electrons. The van der Waals surface area contributed by atoms with E-state index in [2.05, 4.69) is 70.2 Å². The van der Waals surface area contributed by atoms with E-state index in [4.69, 9.17) is 0 Å². The molecule has 7 nitrogen and oxygen atoms in total. The molecule has 0 aliphatic carbocycles. The number of carbonyl (C=O) groups is 1. The van der Waals surface area contributed by atoms with Gasteiger partial charge >= 0.3 is 0 Å². The number of rotatable bonds is 7. The normalized spacial score (nSPS) is 19.2. The zero-order valence-corrected chi connectivity index (χ0v) is 19.8. The van der Waals surface area contributed by atoms with E-state index in [0.717, 1.165) is 77.7 Å². The molecule has 172 valence electrons. The fourth-order valence-corrected chi connectivity index (χ4v) is 4.45. The SMILES string of the molecule is CCN(C)Cc1cccc(CNC(=NC)N2CCN(C(C)C(=O)N3CCCC3)CC2)c1. The molecule has 1 N–H and O–H groups in total. The molecule has 2 aliphatic rings. The molecule has 7 heteroatoms. The number of piperazine rings is 1. The molecule has 1 aromatic carbocycles. The molecule has 1 unspecified atom stereocenters. The first kappa shape index (κ1) is 23.5. The van der Waals surface area contributed by atoms with E-state index in [1.165, 1.54) is 11.1 Å². The van der Waals surface area contributed by atoms with Crippen molar-refractivity contribution in [2.45, 2.75) is 45.8 Å². The summed E-state index contributed by atoms with van der Waals surface area (Å²) in [5, 5.41) is 3.53. The number of benzene rings is 1. The molecule has 1 amide bonds. The minimum atomic E-state index is -0.0285. The zero-order valence-electron chi connectivity index (χ0n) is 19.8. The first-order valence-corrected chi connectivity index (χ1v) is 11.8. The standard InChI is InChI=1S/C24H40N6O/c1-5-27(4)19-22-10-8-9-21(17-22)18-26-24(25-3)30-15-13-28(14-16-30)20(2)23(31)29-11-6-7-12-29/h8-10,17,20H,5-7,11-16,18-19H2,1-4H3,(H,25,26). The third-order valence-electron chi connectivity index (χ3n) is 6.58. The van der Waals surface area contributed by atoms with E-state index in [1.54, 1.807) is 0 Å². The van der Waals surface area contributed by atoms with Crippen molar-refractivity contribution in [1.29, 1.82) is 0 Å². The molecule has 3 rings (SSSR count). The summed E-state index contributed by atoms with van der Waals surface area (Å²) in [6, 6.07) is 8.74. The minimum Gasteiger partial charge on any atom is -0.352 e. The fourth-order valence-electron chi connectivity index (χ4n) is 4.45. The van der Waals surface area contributed by atoms with Crippen LogP contribution in [0.25, 0.3) is 0 Å². The second-order valence-electron chi connectivity index (χ2n) is 8.78. The summed E-state index contributed by atoms with van der Waals surface area (Å²) in [5.41, 5.74) is 2.61. The van der Waals surface area contributed by atoms with Crippen LogP contribution in [0.1, 0.15) is 37.8 Å². The molecule has 0 saturated carbocycles. The Morgan fingerprint density at radius 3 is 2.42 bits per heavy atom. The maximum atomic E-state index is 12.7. The number of aliphatic imine (C=N–C) groups is 1. The average Bonchev–Trinajstić information content (AvgIpc) is 3.34. The summed E-state index contributed by atoms with van der Waals surface area (Å²) in [7, 11) is 3.99. The Labute approximate surface area is 188 Å². The van der Waals surface area contributed by atoms with Crippen LogP contribution < -0.4 is 5.32 Å². The highest BCUT2D eigenvalue weighted by Gasteiger charge is 2.30. The van der Waals surface area contributed by atoms with Crippen molar-refractivity contribution in [2.24, 2.45) is 4.99 Å². The Morgan fingerprint density at radius 2 is 1.77 bits per heavy atom. The molecule has 31 heavy (non-hydrogen) atoms. The third-order valence-corrected chi connectivity index (χ3v) is 6.58. The fraction of sp³-hybridized carbons (Fsp3) is 0.667. The quantitative estimate of drug-likeness (QED) is 0.531. The van der Waals surface area contributed by atoms with Gasteiger partial charge in [0, 0.05) is 59.4 Å². The minimum absolute atomic E-state index is 0.0285. The summed E-state index contributed by atoms with van der Waals surface area (Å²) in [6.07, 6.45) is 2.29. The van der Waals surface area contributed by atoms with Gasteiger partial charge in [0.05, 0.1) is 6.04 Å². The Hall–Kier alpha value is -2.12. The van der Waals surface area contributed by atoms with Crippen molar-refractivity contribution in [2.75, 3.05) is 59.9 Å². The number of likely N-dealkylation sites (tertiary alicyclic amines) is 1. The lowest BCUT2D eigenvalue weighted by Gasteiger charge is -2.39. The molecule has 2 heterocycles. The smallest absolute Gasteiger partial charge is 0.239 e. The highest BCUT2D eigenvalue weighted by Crippen LogP contribution is 2.14. The average molecular weight is 429 g/mol. The summed E-state index contributed by atoms with van der Waals surface area (Å²) >= 11 is 0. The monoisotopic (exact) mass is 428 g/mol. The maximum absolute atomic E-state index is 12.7. The van der Waals surface area contributed by atoms with Crippen LogP contribution in [0.4, 0.5) is 0 Å². The number of nitrogens with one attached hydrogen (secondary N) is 1. The van der Waals surface area contributed by atoms with Crippen LogP contribution in [0.2, 0.25) is 0 Å². The van der Waals surface area contributed by atoms with Gasteiger partial charge in [0.1, 0.15) is 0 Å². The molecular weight excluding hydrogens is 388 g/mol. The third kappa shape index (κ3) is 6.43. The largest absolute Gasteiger partial charge is 0.352 e. The van der Waals surface area contributed by atoms with Crippen LogP contribution in [0.5, 0.6) is 0 Å². The van der Waals surface area contributed by atoms with Gasteiger partial charge < -0.3 is 20.0 Å². The Kier molecular flexibility index (Phi) is 8.72. The molecule has 1 atom stereocenters. The zero-order chi connectivity index (χ0) is 22.2. The van der Waals surface area contributed by atoms with Crippen molar-refractivity contribution < 1.29 is 4.79 Å². The number of amides is 1. The van der Waals surface area contributed by atoms with Crippen molar-refractivity contribution >= 4 is 11.9 Å². The van der Waals surface area contributed by atoms with E-state index >= 15 is 0 Å². The second-order valence-corrected chi connectivity index (χ2v) is 8.78. The second kappa shape index (κ2) is 11.5. The van der Waals surface area contributed by atoms with Crippen LogP contribution in [-0.4, -0.2) is 97.4 Å². The van der Waals surface area contributed by atoms with Crippen LogP contribution in [0, 0.1) is 0 Å². The number of carbonyl (C=O) groups excluding carboxylic acids is 1. The van der Waals surface area contributed by atoms with Crippen LogP contribution in [0.3, 0.4) is 0 Å². The molecule has 1 aromatic rings. The van der Waals surface area contributed by atoms with Gasteiger partial charge in [0.15, 0.2) is 5.96 Å². The summed E-state index contributed by atoms with van der Waals surface area (Å²) < 4.78 is 0. The van der Waals surface area contributed by atoms with E-state index in [1.807, 2.05) is 11.9 Å². The highest BCUT2D eigenvalue weighted by molar-refractivity contribution is 5.82. The van der Waals surface area contributed by atoms with Gasteiger partial charge in [-0.3, -0.25) is 14.7 Å². The summed E-state index contributed by atoms with van der Waals surface area (Å²) in [6.45, 7) is 12.4. The molecule has 2 fully saturated rings. The van der Waals surface area contributed by atoms with E-state index in [0.29, 0.717) is 5.91 Å². The van der Waals surface area contributed by atoms with Crippen molar-refractivity contribution in [1.82, 2.24) is 24.9 Å². The van der Waals surface area contributed by atoms with Crippen LogP contribution in [0.15, 0.2) is 29.3 Å². The van der Waals surface area contributed by atoms with E-state index in [9.17, 15) is 4.79 Å². The van der Waals surface area contributed by atoms with Crippen molar-refractivity contribution in [3.05, 3.63) is 35.4 Å².